The van der Waals surface area contributed by atoms with E-state index in [1.165, 1.54) is 12.3 Å². The van der Waals surface area contributed by atoms with Crippen LogP contribution in [0.15, 0.2) is 41.7 Å². The highest BCUT2D eigenvalue weighted by Gasteiger charge is 2.18. The van der Waals surface area contributed by atoms with Crippen molar-refractivity contribution in [3.8, 4) is 0 Å². The van der Waals surface area contributed by atoms with E-state index < -0.39 is 10.0 Å². The van der Waals surface area contributed by atoms with E-state index in [0.29, 0.717) is 5.69 Å². The number of hydrogen-bond acceptors (Lipinski definition) is 5. The molecular weight excluding hydrogens is 264 g/mol. The lowest BCUT2D eigenvalue weighted by molar-refractivity contribution is 0.577. The molecule has 2 rings (SSSR count). The predicted octanol–water partition coefficient (Wildman–Crippen LogP) is 0.846. The van der Waals surface area contributed by atoms with Crippen LogP contribution in [-0.2, 0) is 16.6 Å². The quantitative estimate of drug-likeness (QED) is 0.863. The first-order chi connectivity index (χ1) is 9.00. The largest absolute Gasteiger partial charge is 0.396 e. The van der Waals surface area contributed by atoms with E-state index in [2.05, 4.69) is 14.7 Å². The summed E-state index contributed by atoms with van der Waals surface area (Å²) in [5.74, 6) is 0. The van der Waals surface area contributed by atoms with Crippen LogP contribution >= 0.6 is 0 Å². The van der Waals surface area contributed by atoms with Gasteiger partial charge in [-0.2, -0.15) is 0 Å². The molecule has 0 bridgehead atoms. The molecule has 2 heterocycles. The van der Waals surface area contributed by atoms with Crippen LogP contribution in [0, 0.1) is 6.92 Å². The third-order valence-corrected chi connectivity index (χ3v) is 3.98. The van der Waals surface area contributed by atoms with Crippen molar-refractivity contribution in [3.63, 3.8) is 0 Å². The molecule has 0 atom stereocenters. The highest BCUT2D eigenvalue weighted by molar-refractivity contribution is 7.89. The van der Waals surface area contributed by atoms with Crippen LogP contribution in [0.3, 0.4) is 0 Å². The Labute approximate surface area is 111 Å². The number of nitrogens with two attached hydrogens (primary N) is 1. The molecule has 100 valence electrons. The smallest absolute Gasteiger partial charge is 0.260 e. The van der Waals surface area contributed by atoms with Crippen molar-refractivity contribution in [2.45, 2.75) is 18.5 Å². The van der Waals surface area contributed by atoms with Gasteiger partial charge in [0.05, 0.1) is 17.9 Å². The Balaban J connectivity index is 2.20. The number of anilines is 1. The van der Waals surface area contributed by atoms with Crippen LogP contribution in [0.4, 0.5) is 5.69 Å². The number of rotatable bonds is 4. The zero-order valence-corrected chi connectivity index (χ0v) is 11.2. The zero-order valence-electron chi connectivity index (χ0n) is 10.4. The second-order valence-electron chi connectivity index (χ2n) is 3.99. The minimum absolute atomic E-state index is 0.102. The summed E-state index contributed by atoms with van der Waals surface area (Å²) in [5, 5.41) is -0.163. The van der Waals surface area contributed by atoms with Gasteiger partial charge in [0.2, 0.25) is 0 Å². The standard InChI is InChI=1S/C12H14N4O2S/c1-9-4-2-6-14-11(9)8-16-19(17,18)12-10(13)5-3-7-15-12/h2-7,16H,8,13H2,1H3. The number of aryl methyl sites for hydroxylation is 1. The minimum Gasteiger partial charge on any atom is -0.396 e. The summed E-state index contributed by atoms with van der Waals surface area (Å²) in [5.41, 5.74) is 7.31. The molecule has 0 aliphatic heterocycles. The van der Waals surface area contributed by atoms with Crippen molar-refractivity contribution in [2.75, 3.05) is 5.73 Å². The van der Waals surface area contributed by atoms with Crippen molar-refractivity contribution in [2.24, 2.45) is 0 Å². The van der Waals surface area contributed by atoms with Gasteiger partial charge in [-0.05, 0) is 30.7 Å². The Morgan fingerprint density at radius 3 is 2.58 bits per heavy atom. The molecule has 0 unspecified atom stereocenters. The first kappa shape index (κ1) is 13.4. The lowest BCUT2D eigenvalue weighted by atomic mass is 10.2. The summed E-state index contributed by atoms with van der Waals surface area (Å²) in [6, 6.07) is 6.74. The van der Waals surface area contributed by atoms with E-state index in [1.807, 2.05) is 13.0 Å². The molecule has 7 heteroatoms. The van der Waals surface area contributed by atoms with Crippen molar-refractivity contribution in [1.29, 1.82) is 0 Å². The normalized spacial score (nSPS) is 11.4. The molecule has 0 saturated heterocycles. The highest BCUT2D eigenvalue weighted by Crippen LogP contribution is 2.14. The summed E-state index contributed by atoms with van der Waals surface area (Å²) in [6.07, 6.45) is 3.00. The van der Waals surface area contributed by atoms with E-state index in [1.54, 1.807) is 18.3 Å². The van der Waals surface area contributed by atoms with Gasteiger partial charge in [-0.15, -0.1) is 0 Å². The number of hydrogen-bond donors (Lipinski definition) is 2. The van der Waals surface area contributed by atoms with Crippen LogP contribution in [0.25, 0.3) is 0 Å². The average molecular weight is 278 g/mol. The Morgan fingerprint density at radius 2 is 1.89 bits per heavy atom. The van der Waals surface area contributed by atoms with E-state index in [4.69, 9.17) is 5.73 Å². The molecule has 2 aromatic heterocycles. The number of nitrogens with one attached hydrogen (secondary N) is 1. The number of nitrogen functional groups attached to an aromatic ring is 1. The van der Waals surface area contributed by atoms with Crippen molar-refractivity contribution >= 4 is 15.7 Å². The molecule has 2 aromatic rings. The molecule has 0 aliphatic rings. The van der Waals surface area contributed by atoms with Gasteiger partial charge >= 0.3 is 0 Å². The second kappa shape index (κ2) is 5.33. The summed E-state index contributed by atoms with van der Waals surface area (Å²) in [4.78, 5) is 7.91. The number of sulfonamides is 1. The maximum absolute atomic E-state index is 12.1. The summed E-state index contributed by atoms with van der Waals surface area (Å²) < 4.78 is 26.6. The van der Waals surface area contributed by atoms with Crippen LogP contribution < -0.4 is 10.5 Å². The molecule has 0 aliphatic carbocycles. The SMILES string of the molecule is Cc1cccnc1CNS(=O)(=O)c1ncccc1N. The zero-order chi connectivity index (χ0) is 13.9. The fourth-order valence-corrected chi connectivity index (χ4v) is 2.60. The molecule has 0 radical (unpaired) electrons. The fraction of sp³-hybridized carbons (Fsp3) is 0.167. The maximum Gasteiger partial charge on any atom is 0.260 e. The van der Waals surface area contributed by atoms with Crippen LogP contribution in [0.1, 0.15) is 11.3 Å². The Bertz CT molecular complexity index is 686. The molecule has 0 amide bonds. The lowest BCUT2D eigenvalue weighted by Crippen LogP contribution is -2.25. The third-order valence-electron chi connectivity index (χ3n) is 2.60. The van der Waals surface area contributed by atoms with Crippen LogP contribution in [-0.4, -0.2) is 18.4 Å². The fourth-order valence-electron chi connectivity index (χ4n) is 1.56. The Morgan fingerprint density at radius 1 is 1.21 bits per heavy atom. The monoisotopic (exact) mass is 278 g/mol. The maximum atomic E-state index is 12.1. The van der Waals surface area contributed by atoms with Crippen LogP contribution in [0.2, 0.25) is 0 Å². The Hall–Kier alpha value is -1.99. The summed E-state index contributed by atoms with van der Waals surface area (Å²) >= 11 is 0. The first-order valence-corrected chi connectivity index (χ1v) is 7.09. The van der Waals surface area contributed by atoms with Gasteiger partial charge < -0.3 is 5.73 Å². The highest BCUT2D eigenvalue weighted by atomic mass is 32.2. The number of pyridine rings is 2. The number of aromatic nitrogens is 2. The van der Waals surface area contributed by atoms with Gasteiger partial charge in [0.25, 0.3) is 10.0 Å². The minimum atomic E-state index is -3.73. The molecule has 0 spiro atoms. The van der Waals surface area contributed by atoms with E-state index in [-0.39, 0.29) is 17.3 Å². The summed E-state index contributed by atoms with van der Waals surface area (Å²) in [6.45, 7) is 1.97. The molecular formula is C12H14N4O2S. The van der Waals surface area contributed by atoms with Gasteiger partial charge in [-0.25, -0.2) is 18.1 Å². The van der Waals surface area contributed by atoms with E-state index >= 15 is 0 Å². The molecule has 6 nitrogen and oxygen atoms in total. The van der Waals surface area contributed by atoms with Gasteiger partial charge in [0.15, 0.2) is 5.03 Å². The van der Waals surface area contributed by atoms with E-state index in [0.717, 1.165) is 5.56 Å². The second-order valence-corrected chi connectivity index (χ2v) is 5.67. The van der Waals surface area contributed by atoms with E-state index in [9.17, 15) is 8.42 Å². The molecule has 19 heavy (non-hydrogen) atoms. The van der Waals surface area contributed by atoms with Gasteiger partial charge in [0.1, 0.15) is 0 Å². The van der Waals surface area contributed by atoms with Crippen molar-refractivity contribution < 1.29 is 8.42 Å². The first-order valence-electron chi connectivity index (χ1n) is 5.61. The van der Waals surface area contributed by atoms with Crippen molar-refractivity contribution in [3.05, 3.63) is 47.9 Å². The Kier molecular flexibility index (Phi) is 3.77. The van der Waals surface area contributed by atoms with Crippen LogP contribution in [0.5, 0.6) is 0 Å². The summed E-state index contributed by atoms with van der Waals surface area (Å²) in [7, 11) is -3.73. The number of nitrogens with zero attached hydrogens (tertiary/aromatic N) is 2. The predicted molar refractivity (Wildman–Crippen MR) is 71.6 cm³/mol. The topological polar surface area (TPSA) is 98.0 Å². The average Bonchev–Trinajstić information content (AvgIpc) is 2.38. The third kappa shape index (κ3) is 3.07. The van der Waals surface area contributed by atoms with Crippen molar-refractivity contribution in [1.82, 2.24) is 14.7 Å². The van der Waals surface area contributed by atoms with Gasteiger partial charge in [0, 0.05) is 12.4 Å². The molecule has 0 fully saturated rings. The van der Waals surface area contributed by atoms with Gasteiger partial charge in [-0.1, -0.05) is 6.07 Å². The lowest BCUT2D eigenvalue weighted by Gasteiger charge is -2.08. The van der Waals surface area contributed by atoms with Gasteiger partial charge in [-0.3, -0.25) is 4.98 Å². The molecule has 0 saturated carbocycles. The molecule has 0 aromatic carbocycles. The molecule has 3 N–H and O–H groups in total.